The van der Waals surface area contributed by atoms with E-state index in [1.165, 1.54) is 6.20 Å². The third-order valence-corrected chi connectivity index (χ3v) is 4.87. The fourth-order valence-electron chi connectivity index (χ4n) is 3.37. The van der Waals surface area contributed by atoms with Gasteiger partial charge in [-0.1, -0.05) is 12.1 Å². The van der Waals surface area contributed by atoms with E-state index in [-0.39, 0.29) is 5.65 Å². The molecule has 1 saturated heterocycles. The lowest BCUT2D eigenvalue weighted by Crippen LogP contribution is -2.46. The molecule has 0 bridgehead atoms. The fraction of sp³-hybridized carbons (Fsp3) is 0.316. The lowest BCUT2D eigenvalue weighted by Gasteiger charge is -2.36. The molecular formula is C19H17F3N6. The van der Waals surface area contributed by atoms with Crippen LogP contribution in [0, 0.1) is 11.3 Å². The van der Waals surface area contributed by atoms with Crippen LogP contribution < -0.4 is 4.90 Å². The van der Waals surface area contributed by atoms with Crippen LogP contribution in [0.3, 0.4) is 0 Å². The monoisotopic (exact) mass is 386 g/mol. The number of aromatic nitrogens is 3. The van der Waals surface area contributed by atoms with Crippen molar-refractivity contribution in [2.75, 3.05) is 31.1 Å². The maximum atomic E-state index is 13.1. The Hall–Kier alpha value is -3.12. The van der Waals surface area contributed by atoms with Gasteiger partial charge in [-0.25, -0.2) is 0 Å². The second kappa shape index (κ2) is 7.13. The predicted octanol–water partition coefficient (Wildman–Crippen LogP) is 2.94. The molecule has 0 aliphatic carbocycles. The van der Waals surface area contributed by atoms with Gasteiger partial charge in [-0.2, -0.15) is 18.4 Å². The van der Waals surface area contributed by atoms with Crippen LogP contribution in [-0.4, -0.2) is 45.7 Å². The number of hydrogen-bond acceptors (Lipinski definition) is 5. The summed E-state index contributed by atoms with van der Waals surface area (Å²) in [6, 6.07) is 12.9. The van der Waals surface area contributed by atoms with E-state index < -0.39 is 12.0 Å². The minimum absolute atomic E-state index is 0.176. The van der Waals surface area contributed by atoms with E-state index in [1.54, 1.807) is 24.3 Å². The lowest BCUT2D eigenvalue weighted by atomic mass is 10.1. The van der Waals surface area contributed by atoms with Crippen molar-refractivity contribution in [1.82, 2.24) is 19.5 Å². The second-order valence-corrected chi connectivity index (χ2v) is 6.71. The van der Waals surface area contributed by atoms with Gasteiger partial charge in [-0.3, -0.25) is 9.30 Å². The zero-order valence-corrected chi connectivity index (χ0v) is 14.9. The SMILES string of the molecule is N#Cc1ccc(CN2CCN(c3ccc4nnc(C(F)(F)F)n4c3)CC2)cc1. The predicted molar refractivity (Wildman–Crippen MR) is 96.6 cm³/mol. The van der Waals surface area contributed by atoms with Crippen molar-refractivity contribution in [3.8, 4) is 6.07 Å². The van der Waals surface area contributed by atoms with Crippen molar-refractivity contribution in [2.24, 2.45) is 0 Å². The van der Waals surface area contributed by atoms with Crippen LogP contribution in [0.1, 0.15) is 17.0 Å². The molecule has 1 aliphatic heterocycles. The highest BCUT2D eigenvalue weighted by Crippen LogP contribution is 2.29. The highest BCUT2D eigenvalue weighted by molar-refractivity contribution is 5.52. The van der Waals surface area contributed by atoms with E-state index in [1.807, 2.05) is 12.1 Å². The summed E-state index contributed by atoms with van der Waals surface area (Å²) in [5, 5.41) is 15.7. The van der Waals surface area contributed by atoms with Gasteiger partial charge in [-0.05, 0) is 29.8 Å². The summed E-state index contributed by atoms with van der Waals surface area (Å²) in [5.74, 6) is -1.01. The topological polar surface area (TPSA) is 60.5 Å². The standard InChI is InChI=1S/C19H17F3N6/c20-19(21,22)18-25-24-17-6-5-16(13-28(17)18)27-9-7-26(8-10-27)12-15-3-1-14(11-23)2-4-15/h1-6,13H,7-10,12H2. The molecule has 3 heterocycles. The van der Waals surface area contributed by atoms with Crippen LogP contribution in [0.5, 0.6) is 0 Å². The number of fused-ring (bicyclic) bond motifs is 1. The summed E-state index contributed by atoms with van der Waals surface area (Å²) in [6.07, 6.45) is -3.09. The fourth-order valence-corrected chi connectivity index (χ4v) is 3.37. The number of alkyl halides is 3. The first kappa shape index (κ1) is 18.3. The van der Waals surface area contributed by atoms with Crippen LogP contribution in [0.15, 0.2) is 42.6 Å². The molecule has 0 N–H and O–H groups in total. The first-order chi connectivity index (χ1) is 13.4. The quantitative estimate of drug-likeness (QED) is 0.693. The Labute approximate surface area is 159 Å². The Morgan fingerprint density at radius 2 is 1.68 bits per heavy atom. The summed E-state index contributed by atoms with van der Waals surface area (Å²) < 4.78 is 40.2. The Morgan fingerprint density at radius 3 is 2.32 bits per heavy atom. The first-order valence-corrected chi connectivity index (χ1v) is 8.82. The minimum Gasteiger partial charge on any atom is -0.368 e. The number of rotatable bonds is 3. The van der Waals surface area contributed by atoms with Gasteiger partial charge in [0.1, 0.15) is 0 Å². The number of halogens is 3. The van der Waals surface area contributed by atoms with Crippen LogP contribution >= 0.6 is 0 Å². The van der Waals surface area contributed by atoms with Gasteiger partial charge in [0.2, 0.25) is 5.82 Å². The summed E-state index contributed by atoms with van der Waals surface area (Å²) in [4.78, 5) is 4.35. The van der Waals surface area contributed by atoms with Crippen molar-refractivity contribution in [1.29, 1.82) is 5.26 Å². The van der Waals surface area contributed by atoms with Crippen LogP contribution in [0.2, 0.25) is 0 Å². The molecule has 0 saturated carbocycles. The van der Waals surface area contributed by atoms with E-state index in [9.17, 15) is 13.2 Å². The average molecular weight is 386 g/mol. The number of pyridine rings is 1. The molecular weight excluding hydrogens is 369 g/mol. The van der Waals surface area contributed by atoms with E-state index in [4.69, 9.17) is 5.26 Å². The molecule has 0 radical (unpaired) electrons. The van der Waals surface area contributed by atoms with Gasteiger partial charge in [0.15, 0.2) is 5.65 Å². The minimum atomic E-state index is -4.54. The Morgan fingerprint density at radius 1 is 0.964 bits per heavy atom. The van der Waals surface area contributed by atoms with Crippen LogP contribution in [0.4, 0.5) is 18.9 Å². The number of nitrogens with zero attached hydrogens (tertiary/aromatic N) is 6. The Bertz CT molecular complexity index is 1010. The summed E-state index contributed by atoms with van der Waals surface area (Å²) in [7, 11) is 0. The zero-order chi connectivity index (χ0) is 19.7. The molecule has 28 heavy (non-hydrogen) atoms. The molecule has 6 nitrogen and oxygen atoms in total. The third kappa shape index (κ3) is 3.64. The Balaban J connectivity index is 1.44. The van der Waals surface area contributed by atoms with Crippen molar-refractivity contribution < 1.29 is 13.2 Å². The molecule has 1 aromatic carbocycles. The van der Waals surface area contributed by atoms with E-state index >= 15 is 0 Å². The molecule has 144 valence electrons. The molecule has 9 heteroatoms. The summed E-state index contributed by atoms with van der Waals surface area (Å²) in [5.41, 5.74) is 2.66. The Kier molecular flexibility index (Phi) is 4.65. The zero-order valence-electron chi connectivity index (χ0n) is 14.9. The van der Waals surface area contributed by atoms with Gasteiger partial charge in [-0.15, -0.1) is 10.2 Å². The number of piperazine rings is 1. The second-order valence-electron chi connectivity index (χ2n) is 6.71. The maximum Gasteiger partial charge on any atom is 0.452 e. The molecule has 3 aromatic rings. The van der Waals surface area contributed by atoms with Crippen molar-refractivity contribution >= 4 is 11.3 Å². The van der Waals surface area contributed by atoms with Gasteiger partial charge in [0, 0.05) is 38.9 Å². The molecule has 0 spiro atoms. The average Bonchev–Trinajstić information content (AvgIpc) is 3.13. The van der Waals surface area contributed by atoms with Crippen molar-refractivity contribution in [3.05, 3.63) is 59.5 Å². The summed E-state index contributed by atoms with van der Waals surface area (Å²) >= 11 is 0. The molecule has 2 aromatic heterocycles. The smallest absolute Gasteiger partial charge is 0.368 e. The third-order valence-electron chi connectivity index (χ3n) is 4.87. The molecule has 0 amide bonds. The normalized spacial score (nSPS) is 15.7. The number of anilines is 1. The van der Waals surface area contributed by atoms with Gasteiger partial charge < -0.3 is 4.90 Å². The van der Waals surface area contributed by atoms with Crippen molar-refractivity contribution in [3.63, 3.8) is 0 Å². The highest BCUT2D eigenvalue weighted by Gasteiger charge is 2.37. The molecule has 4 rings (SSSR count). The van der Waals surface area contributed by atoms with Gasteiger partial charge in [0.25, 0.3) is 0 Å². The van der Waals surface area contributed by atoms with Gasteiger partial charge >= 0.3 is 6.18 Å². The number of nitriles is 1. The van der Waals surface area contributed by atoms with E-state index in [0.717, 1.165) is 35.3 Å². The van der Waals surface area contributed by atoms with E-state index in [2.05, 4.69) is 26.1 Å². The largest absolute Gasteiger partial charge is 0.452 e. The van der Waals surface area contributed by atoms with Crippen molar-refractivity contribution in [2.45, 2.75) is 12.7 Å². The molecule has 1 aliphatic rings. The first-order valence-electron chi connectivity index (χ1n) is 8.82. The number of benzene rings is 1. The van der Waals surface area contributed by atoms with E-state index in [0.29, 0.717) is 18.7 Å². The molecule has 0 atom stereocenters. The maximum absolute atomic E-state index is 13.1. The highest BCUT2D eigenvalue weighted by atomic mass is 19.4. The lowest BCUT2D eigenvalue weighted by molar-refractivity contribution is -0.145. The van der Waals surface area contributed by atoms with Crippen LogP contribution in [0.25, 0.3) is 5.65 Å². The molecule has 1 fully saturated rings. The number of hydrogen-bond donors (Lipinski definition) is 0. The molecule has 0 unspecified atom stereocenters. The summed E-state index contributed by atoms with van der Waals surface area (Å²) in [6.45, 7) is 3.80. The van der Waals surface area contributed by atoms with Crippen LogP contribution in [-0.2, 0) is 12.7 Å². The van der Waals surface area contributed by atoms with Gasteiger partial charge in [0.05, 0.1) is 17.3 Å².